The van der Waals surface area contributed by atoms with Gasteiger partial charge in [0.1, 0.15) is 38.4 Å². The number of phenolic OH excluding ortho intramolecular Hbond substituents is 2. The highest BCUT2D eigenvalue weighted by molar-refractivity contribution is 8.00. The number of hydrogen-bond donors (Lipinski definition) is 5. The lowest BCUT2D eigenvalue weighted by Gasteiger charge is -2.25. The number of phenols is 2. The van der Waals surface area contributed by atoms with E-state index in [-0.39, 0.29) is 55.5 Å². The van der Waals surface area contributed by atoms with Gasteiger partial charge in [-0.3, -0.25) is 19.2 Å². The van der Waals surface area contributed by atoms with Crippen LogP contribution < -0.4 is 42.4 Å². The van der Waals surface area contributed by atoms with Crippen molar-refractivity contribution >= 4 is 83.4 Å². The monoisotopic (exact) mass is 885 g/mol. The quantitative estimate of drug-likeness (QED) is 0.0821. The summed E-state index contributed by atoms with van der Waals surface area (Å²) in [5.41, 5.74) is -3.44. The number of nitrogens with one attached hydrogen (secondary N) is 3. The summed E-state index contributed by atoms with van der Waals surface area (Å²) in [5.74, 6) is 0.868. The zero-order valence-electron chi connectivity index (χ0n) is 31.1. The van der Waals surface area contributed by atoms with E-state index in [0.29, 0.717) is 5.76 Å². The van der Waals surface area contributed by atoms with E-state index in [9.17, 15) is 46.2 Å². The summed E-state index contributed by atoms with van der Waals surface area (Å²) in [5, 5.41) is 29.1. The summed E-state index contributed by atoms with van der Waals surface area (Å²) in [7, 11) is -1.70. The molecule has 306 valence electrons. The van der Waals surface area contributed by atoms with Gasteiger partial charge in [0, 0.05) is 33.4 Å². The lowest BCUT2D eigenvalue weighted by atomic mass is 10.0. The van der Waals surface area contributed by atoms with Gasteiger partial charge < -0.3 is 35.3 Å². The molecule has 22 heteroatoms. The van der Waals surface area contributed by atoms with Gasteiger partial charge in [0.25, 0.3) is 21.7 Å². The van der Waals surface area contributed by atoms with Crippen molar-refractivity contribution in [1.29, 1.82) is 0 Å². The summed E-state index contributed by atoms with van der Waals surface area (Å²) in [6.07, 6.45) is 1.95. The molecule has 57 heavy (non-hydrogen) atoms. The summed E-state index contributed by atoms with van der Waals surface area (Å²) in [4.78, 5) is 46.7. The zero-order chi connectivity index (χ0) is 42.3. The Balaban J connectivity index is 0.000000235. The minimum Gasteiger partial charge on any atom is -0.504 e. The molecule has 0 amide bonds. The first-order valence-electron chi connectivity index (χ1n) is 16.7. The number of rotatable bonds is 13. The van der Waals surface area contributed by atoms with Gasteiger partial charge in [-0.2, -0.15) is 11.8 Å². The van der Waals surface area contributed by atoms with Crippen molar-refractivity contribution in [2.75, 3.05) is 57.0 Å². The first-order valence-corrected chi connectivity index (χ1v) is 21.4. The van der Waals surface area contributed by atoms with Crippen molar-refractivity contribution in [3.63, 3.8) is 0 Å². The molecule has 1 aliphatic heterocycles. The normalized spacial score (nSPS) is 15.2. The molecule has 1 saturated heterocycles. The average molecular weight is 887 g/mol. The molecule has 4 aromatic carbocycles. The zero-order valence-corrected chi connectivity index (χ0v) is 35.1. The van der Waals surface area contributed by atoms with Crippen LogP contribution in [0.5, 0.6) is 17.2 Å². The van der Waals surface area contributed by atoms with E-state index in [4.69, 9.17) is 32.4 Å². The molecule has 5 N–H and O–H groups in total. The highest BCUT2D eigenvalue weighted by Crippen LogP contribution is 2.43. The maximum Gasteiger partial charge on any atom is 0.272 e. The van der Waals surface area contributed by atoms with Crippen molar-refractivity contribution in [2.45, 2.75) is 40.8 Å². The lowest BCUT2D eigenvalue weighted by molar-refractivity contribution is 0.408. The summed E-state index contributed by atoms with van der Waals surface area (Å²) < 4.78 is 62.1. The fourth-order valence-electron chi connectivity index (χ4n) is 5.74. The van der Waals surface area contributed by atoms with E-state index in [1.807, 2.05) is 19.1 Å². The Hall–Kier alpha value is -4.57. The van der Waals surface area contributed by atoms with Crippen LogP contribution in [0.3, 0.4) is 0 Å². The number of ether oxygens (including phenoxy) is 1. The minimum atomic E-state index is -4.07. The highest BCUT2D eigenvalue weighted by atomic mass is 35.5. The van der Waals surface area contributed by atoms with E-state index in [1.165, 1.54) is 59.6 Å². The van der Waals surface area contributed by atoms with Crippen LogP contribution in [0, 0.1) is 6.92 Å². The third-order valence-electron chi connectivity index (χ3n) is 8.85. The Kier molecular flexibility index (Phi) is 12.8. The number of hydrogen-bond acceptors (Lipinski definition) is 16. The molecule has 1 aliphatic rings. The van der Waals surface area contributed by atoms with Crippen LogP contribution >= 0.6 is 35.0 Å². The van der Waals surface area contributed by atoms with Crippen LogP contribution in [0.15, 0.2) is 69.8 Å². The predicted molar refractivity (Wildman–Crippen MR) is 219 cm³/mol. The number of furan rings is 1. The third kappa shape index (κ3) is 8.25. The topological polar surface area (TPSA) is 242 Å². The molecule has 0 radical (unpaired) electrons. The molecular weight excluding hydrogens is 850 g/mol. The van der Waals surface area contributed by atoms with Crippen molar-refractivity contribution in [3.05, 3.63) is 98.9 Å². The van der Waals surface area contributed by atoms with Gasteiger partial charge in [-0.05, 0) is 61.9 Å². The van der Waals surface area contributed by atoms with Gasteiger partial charge in [0.15, 0.2) is 17.2 Å². The highest BCUT2D eigenvalue weighted by Gasteiger charge is 2.34. The molecule has 2 heterocycles. The number of sulfonamides is 2. The van der Waals surface area contributed by atoms with Crippen LogP contribution in [-0.2, 0) is 20.0 Å². The fraction of sp³-hybridized carbons (Fsp3) is 0.314. The fourth-order valence-corrected chi connectivity index (χ4v) is 10.1. The smallest absolute Gasteiger partial charge is 0.272 e. The van der Waals surface area contributed by atoms with E-state index in [1.54, 1.807) is 11.8 Å². The molecule has 6 rings (SSSR count). The van der Waals surface area contributed by atoms with Crippen LogP contribution in [0.2, 0.25) is 10.0 Å². The number of methoxy groups -OCH3 is 1. The van der Waals surface area contributed by atoms with Gasteiger partial charge >= 0.3 is 0 Å². The Morgan fingerprint density at radius 1 is 0.772 bits per heavy atom. The predicted octanol–water partition coefficient (Wildman–Crippen LogP) is 4.23. The number of halogens is 2. The van der Waals surface area contributed by atoms with Crippen molar-refractivity contribution in [2.24, 2.45) is 0 Å². The van der Waals surface area contributed by atoms with Crippen molar-refractivity contribution in [3.8, 4) is 17.2 Å². The maximum atomic E-state index is 12.6. The van der Waals surface area contributed by atoms with Gasteiger partial charge in [-0.25, -0.2) is 25.4 Å². The molecule has 0 aliphatic carbocycles. The molecule has 1 aromatic heterocycles. The number of benzene rings is 2. The second kappa shape index (κ2) is 16.7. The van der Waals surface area contributed by atoms with Gasteiger partial charge in [0.05, 0.1) is 34.6 Å². The van der Waals surface area contributed by atoms with Crippen molar-refractivity contribution < 1.29 is 36.2 Å². The summed E-state index contributed by atoms with van der Waals surface area (Å²) in [6, 6.07) is 8.50. The molecule has 0 spiro atoms. The molecule has 2 unspecified atom stereocenters. The second-order valence-electron chi connectivity index (χ2n) is 13.0. The standard InChI is InChI=1S/C22H24ClN3O6S2.C13H13ClN2O6S/c1-11-6-9-14(32-11)16(15-5-4-10-33-15)25-18-17(20(28)21(18)29)24-13-8-7-12(23)22(19(13)27)34(30,31)26(2)3;1-16(2)23(20,21)13-6(14)4-5-7(9(13)17)15-8-10(18)11(19)12(8)22-3/h6-9,15-16,24-25,27H,4-5,10H2,1-3H3;4-5,15,17H,1-3H3. The number of thioether (sulfide) groups is 1. The summed E-state index contributed by atoms with van der Waals surface area (Å²) >= 11 is 13.7. The Labute approximate surface area is 340 Å². The van der Waals surface area contributed by atoms with E-state index in [0.717, 1.165) is 33.0 Å². The number of aromatic hydroxyl groups is 2. The number of anilines is 5. The Bertz CT molecular complexity index is 2710. The summed E-state index contributed by atoms with van der Waals surface area (Å²) in [6.45, 7) is 1.83. The average Bonchev–Trinajstić information content (AvgIpc) is 3.85. The van der Waals surface area contributed by atoms with Gasteiger partial charge in [0.2, 0.25) is 20.0 Å². The first kappa shape index (κ1) is 43.6. The van der Waals surface area contributed by atoms with Crippen LogP contribution in [0.4, 0.5) is 28.4 Å². The maximum absolute atomic E-state index is 12.6. The SMILES string of the molecule is COc1c(Nc2ccc(Cl)c(S(=O)(=O)N(C)C)c2O)c(=O)c1=O.Cc1ccc(C(Nc2c(Nc3ccc(Cl)c(S(=O)(=O)N(C)C)c3O)c(=O)c2=O)C2CCCS2)o1. The molecule has 1 fully saturated rings. The molecule has 2 atom stereocenters. The number of nitrogens with zero attached hydrogens (tertiary/aromatic N) is 2. The lowest BCUT2D eigenvalue weighted by Crippen LogP contribution is -2.38. The Morgan fingerprint density at radius 3 is 1.70 bits per heavy atom. The van der Waals surface area contributed by atoms with Crippen molar-refractivity contribution in [1.82, 2.24) is 8.61 Å². The van der Waals surface area contributed by atoms with E-state index >= 15 is 0 Å². The molecule has 0 bridgehead atoms. The molecule has 17 nitrogen and oxygen atoms in total. The largest absolute Gasteiger partial charge is 0.504 e. The van der Waals surface area contributed by atoms with Gasteiger partial charge in [-0.1, -0.05) is 23.2 Å². The van der Waals surface area contributed by atoms with Crippen LogP contribution in [0.25, 0.3) is 0 Å². The molecular formula is C35H37Cl2N5O12S3. The second-order valence-corrected chi connectivity index (χ2v) is 19.3. The minimum absolute atomic E-state index is 0.0583. The molecule has 0 saturated carbocycles. The van der Waals surface area contributed by atoms with Crippen LogP contribution in [-0.4, -0.2) is 82.0 Å². The van der Waals surface area contributed by atoms with Gasteiger partial charge in [-0.15, -0.1) is 0 Å². The van der Waals surface area contributed by atoms with E-state index < -0.39 is 63.1 Å². The number of aryl methyl sites for hydroxylation is 1. The third-order valence-corrected chi connectivity index (χ3v) is 14.9. The molecule has 5 aromatic rings. The first-order chi connectivity index (χ1) is 26.6. The van der Waals surface area contributed by atoms with E-state index in [2.05, 4.69) is 16.0 Å². The van der Waals surface area contributed by atoms with Crippen LogP contribution in [0.1, 0.15) is 30.4 Å². The Morgan fingerprint density at radius 2 is 1.26 bits per heavy atom.